The molecule has 2 aliphatic rings. The van der Waals surface area contributed by atoms with E-state index in [0.29, 0.717) is 43.2 Å². The predicted molar refractivity (Wildman–Crippen MR) is 124 cm³/mol. The summed E-state index contributed by atoms with van der Waals surface area (Å²) in [6, 6.07) is 9.61. The van der Waals surface area contributed by atoms with Crippen molar-refractivity contribution in [3.63, 3.8) is 0 Å². The maximum atomic E-state index is 12.3. The first-order valence-corrected chi connectivity index (χ1v) is 11.3. The molecule has 0 unspecified atom stereocenters. The molecule has 0 saturated heterocycles. The van der Waals surface area contributed by atoms with Gasteiger partial charge in [0.1, 0.15) is 0 Å². The van der Waals surface area contributed by atoms with Gasteiger partial charge in [-0.3, -0.25) is 4.79 Å². The van der Waals surface area contributed by atoms with Crippen LogP contribution in [0.5, 0.6) is 17.2 Å². The molecule has 7 heteroatoms. The van der Waals surface area contributed by atoms with Crippen LogP contribution < -0.4 is 19.5 Å². The van der Waals surface area contributed by atoms with Crippen LogP contribution in [-0.4, -0.2) is 45.4 Å². The maximum absolute atomic E-state index is 12.3. The van der Waals surface area contributed by atoms with Crippen LogP contribution in [0.3, 0.4) is 0 Å². The second-order valence-electron chi connectivity index (χ2n) is 9.03. The molecule has 1 N–H and O–H groups in total. The molecule has 2 aromatic carbocycles. The first kappa shape index (κ1) is 23.0. The van der Waals surface area contributed by atoms with Gasteiger partial charge >= 0.3 is 6.09 Å². The highest BCUT2D eigenvalue weighted by molar-refractivity contribution is 6.02. The Bertz CT molecular complexity index is 1060. The lowest BCUT2D eigenvalue weighted by Gasteiger charge is -2.22. The number of ketones is 1. The Morgan fingerprint density at radius 2 is 1.76 bits per heavy atom. The highest BCUT2D eigenvalue weighted by atomic mass is 16.6. The Morgan fingerprint density at radius 3 is 2.42 bits per heavy atom. The van der Waals surface area contributed by atoms with E-state index < -0.39 is 6.09 Å². The SMILES string of the molecule is COc1ccc(-c2cccc3c2CCC3=O)c(OCC2(CNC(=O)OC(C)C)CC2)c1OC. The second kappa shape index (κ2) is 9.33. The number of rotatable bonds is 9. The van der Waals surface area contributed by atoms with Crippen molar-refractivity contribution in [2.75, 3.05) is 27.4 Å². The van der Waals surface area contributed by atoms with Crippen LogP contribution in [0.25, 0.3) is 11.1 Å². The van der Waals surface area contributed by atoms with Gasteiger partial charge in [-0.1, -0.05) is 18.2 Å². The molecule has 0 heterocycles. The zero-order valence-electron chi connectivity index (χ0n) is 19.7. The summed E-state index contributed by atoms with van der Waals surface area (Å²) < 4.78 is 22.8. The van der Waals surface area contributed by atoms with E-state index in [2.05, 4.69) is 5.32 Å². The zero-order chi connectivity index (χ0) is 23.6. The van der Waals surface area contributed by atoms with Gasteiger partial charge in [-0.2, -0.15) is 0 Å². The largest absolute Gasteiger partial charge is 0.493 e. The number of Topliss-reactive ketones (excluding diaryl/α,β-unsaturated/α-hetero) is 1. The minimum Gasteiger partial charge on any atom is -0.493 e. The Balaban J connectivity index is 1.62. The standard InChI is InChI=1S/C26H31NO6/c1-16(2)33-25(29)27-14-26(12-13-26)15-32-23-20(9-11-22(30-3)24(23)31-4)17-6-5-7-19-18(17)8-10-21(19)28/h5-7,9,11,16H,8,10,12-15H2,1-4H3,(H,27,29). The Morgan fingerprint density at radius 1 is 1.00 bits per heavy atom. The molecular formula is C26H31NO6. The molecular weight excluding hydrogens is 422 g/mol. The number of carbonyl (C=O) groups is 2. The normalized spacial score (nSPS) is 15.7. The van der Waals surface area contributed by atoms with Gasteiger partial charge in [-0.15, -0.1) is 0 Å². The molecule has 4 rings (SSSR count). The van der Waals surface area contributed by atoms with Crippen LogP contribution in [0.4, 0.5) is 4.79 Å². The van der Waals surface area contributed by atoms with Crippen LogP contribution >= 0.6 is 0 Å². The first-order valence-electron chi connectivity index (χ1n) is 11.3. The summed E-state index contributed by atoms with van der Waals surface area (Å²) in [5.74, 6) is 1.84. The zero-order valence-corrected chi connectivity index (χ0v) is 19.7. The van der Waals surface area contributed by atoms with Crippen LogP contribution in [0.15, 0.2) is 30.3 Å². The average molecular weight is 454 g/mol. The van der Waals surface area contributed by atoms with Crippen molar-refractivity contribution in [1.82, 2.24) is 5.32 Å². The van der Waals surface area contributed by atoms with E-state index in [1.54, 1.807) is 14.2 Å². The third-order valence-electron chi connectivity index (χ3n) is 6.30. The van der Waals surface area contributed by atoms with Gasteiger partial charge in [0.05, 0.1) is 26.9 Å². The minimum absolute atomic E-state index is 0.143. The molecule has 0 radical (unpaired) electrons. The van der Waals surface area contributed by atoms with Gasteiger partial charge < -0.3 is 24.3 Å². The molecule has 176 valence electrons. The maximum Gasteiger partial charge on any atom is 0.407 e. The lowest BCUT2D eigenvalue weighted by molar-refractivity contribution is 0.0994. The monoisotopic (exact) mass is 453 g/mol. The highest BCUT2D eigenvalue weighted by Gasteiger charge is 2.44. The summed E-state index contributed by atoms with van der Waals surface area (Å²) in [5, 5.41) is 2.85. The van der Waals surface area contributed by atoms with Crippen molar-refractivity contribution >= 4 is 11.9 Å². The van der Waals surface area contributed by atoms with Gasteiger partial charge in [-0.05, 0) is 56.4 Å². The van der Waals surface area contributed by atoms with Gasteiger partial charge in [0.15, 0.2) is 17.3 Å². The molecule has 0 atom stereocenters. The van der Waals surface area contributed by atoms with Crippen molar-refractivity contribution < 1.29 is 28.5 Å². The molecule has 1 amide bonds. The molecule has 1 saturated carbocycles. The van der Waals surface area contributed by atoms with Crippen molar-refractivity contribution in [2.45, 2.75) is 45.6 Å². The fraction of sp³-hybridized carbons (Fsp3) is 0.462. The number of benzene rings is 2. The summed E-state index contributed by atoms with van der Waals surface area (Å²) in [6.07, 6.45) is 2.55. The Labute approximate surface area is 194 Å². The summed E-state index contributed by atoms with van der Waals surface area (Å²) in [4.78, 5) is 24.2. The topological polar surface area (TPSA) is 83.1 Å². The summed E-state index contributed by atoms with van der Waals surface area (Å²) >= 11 is 0. The average Bonchev–Trinajstić information content (AvgIpc) is 3.48. The van der Waals surface area contributed by atoms with Crippen LogP contribution in [-0.2, 0) is 11.2 Å². The highest BCUT2D eigenvalue weighted by Crippen LogP contribution is 2.50. The minimum atomic E-state index is -0.416. The van der Waals surface area contributed by atoms with Gasteiger partial charge in [0, 0.05) is 29.5 Å². The smallest absolute Gasteiger partial charge is 0.407 e. The van der Waals surface area contributed by atoms with Gasteiger partial charge in [-0.25, -0.2) is 4.79 Å². The van der Waals surface area contributed by atoms with Crippen LogP contribution in [0.2, 0.25) is 0 Å². The molecule has 1 fully saturated rings. The lowest BCUT2D eigenvalue weighted by atomic mass is 9.95. The molecule has 0 spiro atoms. The van der Waals surface area contributed by atoms with Crippen LogP contribution in [0, 0.1) is 5.41 Å². The molecule has 0 aromatic heterocycles. The number of alkyl carbamates (subject to hydrolysis) is 1. The number of amides is 1. The summed E-state index contributed by atoms with van der Waals surface area (Å²) in [5.41, 5.74) is 3.51. The number of ether oxygens (including phenoxy) is 4. The third-order valence-corrected chi connectivity index (χ3v) is 6.30. The van der Waals surface area contributed by atoms with Crippen LogP contribution in [0.1, 0.15) is 49.0 Å². The van der Waals surface area contributed by atoms with E-state index >= 15 is 0 Å². The quantitative estimate of drug-likeness (QED) is 0.588. The first-order chi connectivity index (χ1) is 15.9. The summed E-state index contributed by atoms with van der Waals surface area (Å²) in [7, 11) is 3.18. The second-order valence-corrected chi connectivity index (χ2v) is 9.03. The molecule has 0 bridgehead atoms. The van der Waals surface area contributed by atoms with E-state index in [-0.39, 0.29) is 17.3 Å². The number of hydrogen-bond acceptors (Lipinski definition) is 6. The number of methoxy groups -OCH3 is 2. The third kappa shape index (κ3) is 4.77. The predicted octanol–water partition coefficient (Wildman–Crippen LogP) is 4.79. The summed E-state index contributed by atoms with van der Waals surface area (Å²) in [6.45, 7) is 4.54. The van der Waals surface area contributed by atoms with E-state index in [1.807, 2.05) is 44.2 Å². The van der Waals surface area contributed by atoms with Gasteiger partial charge in [0.2, 0.25) is 5.75 Å². The number of nitrogens with one attached hydrogen (secondary N) is 1. The number of hydrogen-bond donors (Lipinski definition) is 1. The molecule has 7 nitrogen and oxygen atoms in total. The fourth-order valence-electron chi connectivity index (χ4n) is 4.29. The molecule has 2 aliphatic carbocycles. The Kier molecular flexibility index (Phi) is 6.49. The van der Waals surface area contributed by atoms with Crippen molar-refractivity contribution in [2.24, 2.45) is 5.41 Å². The van der Waals surface area contributed by atoms with Crippen molar-refractivity contribution in [1.29, 1.82) is 0 Å². The van der Waals surface area contributed by atoms with E-state index in [0.717, 1.165) is 35.1 Å². The number of fused-ring (bicyclic) bond motifs is 1. The molecule has 2 aromatic rings. The van der Waals surface area contributed by atoms with E-state index in [9.17, 15) is 9.59 Å². The van der Waals surface area contributed by atoms with E-state index in [4.69, 9.17) is 18.9 Å². The van der Waals surface area contributed by atoms with Crippen molar-refractivity contribution in [3.05, 3.63) is 41.5 Å². The Hall–Kier alpha value is -3.22. The number of carbonyl (C=O) groups excluding carboxylic acids is 2. The lowest BCUT2D eigenvalue weighted by Crippen LogP contribution is -2.34. The fourth-order valence-corrected chi connectivity index (χ4v) is 4.29. The molecule has 33 heavy (non-hydrogen) atoms. The molecule has 0 aliphatic heterocycles. The van der Waals surface area contributed by atoms with Crippen molar-refractivity contribution in [3.8, 4) is 28.4 Å². The van der Waals surface area contributed by atoms with E-state index in [1.165, 1.54) is 0 Å². The van der Waals surface area contributed by atoms with Gasteiger partial charge in [0.25, 0.3) is 0 Å².